The van der Waals surface area contributed by atoms with Crippen molar-refractivity contribution in [2.45, 2.75) is 31.5 Å². The number of fused-ring (bicyclic) bond motifs is 1. The summed E-state index contributed by atoms with van der Waals surface area (Å²) in [7, 11) is 0. The summed E-state index contributed by atoms with van der Waals surface area (Å²) in [6, 6.07) is 5.84. The first-order valence-electron chi connectivity index (χ1n) is 6.46. The van der Waals surface area contributed by atoms with Gasteiger partial charge in [0.2, 0.25) is 0 Å². The third-order valence-corrected chi connectivity index (χ3v) is 4.35. The van der Waals surface area contributed by atoms with Gasteiger partial charge < -0.3 is 14.6 Å². The maximum atomic E-state index is 10.3. The van der Waals surface area contributed by atoms with Gasteiger partial charge in [-0.1, -0.05) is 15.9 Å². The molecule has 1 aromatic rings. The molecule has 98 valence electrons. The molecule has 0 radical (unpaired) electrons. The Morgan fingerprint density at radius 1 is 1.22 bits per heavy atom. The van der Waals surface area contributed by atoms with Crippen LogP contribution in [0.25, 0.3) is 0 Å². The number of ether oxygens (including phenoxy) is 2. The van der Waals surface area contributed by atoms with E-state index in [-0.39, 0.29) is 6.10 Å². The summed E-state index contributed by atoms with van der Waals surface area (Å²) >= 11 is 3.43. The van der Waals surface area contributed by atoms with Crippen molar-refractivity contribution in [3.8, 4) is 5.75 Å². The predicted molar refractivity (Wildman–Crippen MR) is 71.7 cm³/mol. The van der Waals surface area contributed by atoms with Crippen LogP contribution in [0.4, 0.5) is 0 Å². The van der Waals surface area contributed by atoms with Crippen molar-refractivity contribution in [2.75, 3.05) is 13.2 Å². The Morgan fingerprint density at radius 3 is 2.78 bits per heavy atom. The van der Waals surface area contributed by atoms with Crippen molar-refractivity contribution >= 4 is 15.9 Å². The molecule has 2 heterocycles. The van der Waals surface area contributed by atoms with E-state index in [9.17, 15) is 5.11 Å². The molecule has 0 aliphatic carbocycles. The molecule has 0 saturated carbocycles. The minimum absolute atomic E-state index is 0.123. The molecule has 1 saturated heterocycles. The summed E-state index contributed by atoms with van der Waals surface area (Å²) in [6.45, 7) is 1.63. The summed E-state index contributed by atoms with van der Waals surface area (Å²) < 4.78 is 12.4. The van der Waals surface area contributed by atoms with Crippen LogP contribution in [-0.2, 0) is 4.74 Å². The van der Waals surface area contributed by atoms with Crippen LogP contribution in [0.15, 0.2) is 22.7 Å². The highest BCUT2D eigenvalue weighted by atomic mass is 79.9. The zero-order valence-corrected chi connectivity index (χ0v) is 11.7. The molecule has 3 rings (SSSR count). The van der Waals surface area contributed by atoms with Gasteiger partial charge in [-0.25, -0.2) is 0 Å². The average Bonchev–Trinajstić information content (AvgIpc) is 2.40. The number of aliphatic hydroxyl groups excluding tert-OH is 1. The van der Waals surface area contributed by atoms with Gasteiger partial charge in [-0.3, -0.25) is 0 Å². The third-order valence-electron chi connectivity index (χ3n) is 3.86. The molecule has 1 aromatic carbocycles. The van der Waals surface area contributed by atoms with E-state index in [1.807, 2.05) is 18.2 Å². The SMILES string of the molecule is O[C@H]1CC(C2CCOCC2)Oc2ccc(Br)cc21. The number of hydrogen-bond donors (Lipinski definition) is 1. The van der Waals surface area contributed by atoms with Crippen LogP contribution >= 0.6 is 15.9 Å². The van der Waals surface area contributed by atoms with Gasteiger partial charge in [-0.2, -0.15) is 0 Å². The minimum Gasteiger partial charge on any atom is -0.490 e. The minimum atomic E-state index is -0.418. The first-order chi connectivity index (χ1) is 8.74. The molecular weight excluding hydrogens is 296 g/mol. The van der Waals surface area contributed by atoms with Crippen LogP contribution in [0.1, 0.15) is 30.9 Å². The maximum absolute atomic E-state index is 10.3. The number of rotatable bonds is 1. The fourth-order valence-corrected chi connectivity index (χ4v) is 3.20. The van der Waals surface area contributed by atoms with Crippen LogP contribution in [0.2, 0.25) is 0 Å². The molecule has 2 aliphatic rings. The lowest BCUT2D eigenvalue weighted by atomic mass is 9.87. The van der Waals surface area contributed by atoms with Gasteiger partial charge in [0.05, 0.1) is 6.10 Å². The van der Waals surface area contributed by atoms with Crippen LogP contribution in [-0.4, -0.2) is 24.4 Å². The van der Waals surface area contributed by atoms with Crippen LogP contribution in [0, 0.1) is 5.92 Å². The highest BCUT2D eigenvalue weighted by molar-refractivity contribution is 9.10. The van der Waals surface area contributed by atoms with Gasteiger partial charge in [-0.15, -0.1) is 0 Å². The Balaban J connectivity index is 1.80. The van der Waals surface area contributed by atoms with E-state index in [0.717, 1.165) is 41.8 Å². The van der Waals surface area contributed by atoms with Crippen molar-refractivity contribution in [1.82, 2.24) is 0 Å². The molecule has 0 aromatic heterocycles. The van der Waals surface area contributed by atoms with Crippen LogP contribution < -0.4 is 4.74 Å². The molecule has 1 unspecified atom stereocenters. The van der Waals surface area contributed by atoms with E-state index in [1.165, 1.54) is 0 Å². The van der Waals surface area contributed by atoms with Gasteiger partial charge in [0, 0.05) is 35.6 Å². The monoisotopic (exact) mass is 312 g/mol. The van der Waals surface area contributed by atoms with E-state index >= 15 is 0 Å². The van der Waals surface area contributed by atoms with Crippen LogP contribution in [0.5, 0.6) is 5.75 Å². The van der Waals surface area contributed by atoms with Crippen molar-refractivity contribution in [2.24, 2.45) is 5.92 Å². The standard InChI is InChI=1S/C14H17BrO3/c15-10-1-2-13-11(7-10)12(16)8-14(18-13)9-3-5-17-6-4-9/h1-2,7,9,12,14,16H,3-6,8H2/t12-,14?/m0/s1. The first kappa shape index (κ1) is 12.5. The summed E-state index contributed by atoms with van der Waals surface area (Å²) in [6.07, 6.45) is 2.46. The summed E-state index contributed by atoms with van der Waals surface area (Å²) in [4.78, 5) is 0. The Morgan fingerprint density at radius 2 is 2.00 bits per heavy atom. The first-order valence-corrected chi connectivity index (χ1v) is 7.25. The molecule has 18 heavy (non-hydrogen) atoms. The van der Waals surface area contributed by atoms with Gasteiger partial charge in [0.15, 0.2) is 0 Å². The van der Waals surface area contributed by atoms with Crippen molar-refractivity contribution in [1.29, 1.82) is 0 Å². The second-order valence-electron chi connectivity index (χ2n) is 5.04. The lowest BCUT2D eigenvalue weighted by molar-refractivity contribution is -0.0150. The molecule has 3 nitrogen and oxygen atoms in total. The van der Waals surface area contributed by atoms with E-state index in [1.54, 1.807) is 0 Å². The van der Waals surface area contributed by atoms with Gasteiger partial charge in [0.25, 0.3) is 0 Å². The highest BCUT2D eigenvalue weighted by Gasteiger charge is 2.33. The zero-order chi connectivity index (χ0) is 12.5. The fourth-order valence-electron chi connectivity index (χ4n) is 2.82. The van der Waals surface area contributed by atoms with Crippen molar-refractivity contribution in [3.63, 3.8) is 0 Å². The van der Waals surface area contributed by atoms with E-state index in [2.05, 4.69) is 15.9 Å². The van der Waals surface area contributed by atoms with E-state index in [0.29, 0.717) is 12.3 Å². The largest absolute Gasteiger partial charge is 0.490 e. The number of benzene rings is 1. The molecular formula is C14H17BrO3. The van der Waals surface area contributed by atoms with E-state index < -0.39 is 6.10 Å². The Hall–Kier alpha value is -0.580. The lowest BCUT2D eigenvalue weighted by Gasteiger charge is -2.36. The average molecular weight is 313 g/mol. The van der Waals surface area contributed by atoms with Gasteiger partial charge in [-0.05, 0) is 31.0 Å². The normalized spacial score (nSPS) is 28.6. The smallest absolute Gasteiger partial charge is 0.125 e. The molecule has 0 bridgehead atoms. The molecule has 2 aliphatic heterocycles. The molecule has 2 atom stereocenters. The molecule has 1 N–H and O–H groups in total. The quantitative estimate of drug-likeness (QED) is 0.866. The van der Waals surface area contributed by atoms with Gasteiger partial charge in [0.1, 0.15) is 11.9 Å². The van der Waals surface area contributed by atoms with E-state index in [4.69, 9.17) is 9.47 Å². The van der Waals surface area contributed by atoms with Gasteiger partial charge >= 0.3 is 0 Å². The Kier molecular flexibility index (Phi) is 3.59. The topological polar surface area (TPSA) is 38.7 Å². The summed E-state index contributed by atoms with van der Waals surface area (Å²) in [5.41, 5.74) is 0.896. The molecule has 0 amide bonds. The maximum Gasteiger partial charge on any atom is 0.125 e. The summed E-state index contributed by atoms with van der Waals surface area (Å²) in [5.74, 6) is 1.33. The lowest BCUT2D eigenvalue weighted by Crippen LogP contribution is -2.36. The Bertz CT molecular complexity index is 429. The van der Waals surface area contributed by atoms with Crippen molar-refractivity contribution in [3.05, 3.63) is 28.2 Å². The third kappa shape index (κ3) is 2.42. The van der Waals surface area contributed by atoms with Crippen molar-refractivity contribution < 1.29 is 14.6 Å². The second-order valence-corrected chi connectivity index (χ2v) is 5.96. The fraction of sp³-hybridized carbons (Fsp3) is 0.571. The summed E-state index contributed by atoms with van der Waals surface area (Å²) in [5, 5.41) is 10.3. The number of aliphatic hydroxyl groups is 1. The number of hydrogen-bond acceptors (Lipinski definition) is 3. The zero-order valence-electron chi connectivity index (χ0n) is 10.1. The van der Waals surface area contributed by atoms with Crippen LogP contribution in [0.3, 0.4) is 0 Å². The Labute approximate surface area is 115 Å². The number of halogens is 1. The highest BCUT2D eigenvalue weighted by Crippen LogP contribution is 2.39. The molecule has 4 heteroatoms. The predicted octanol–water partition coefficient (Wildman–Crippen LogP) is 3.06. The second kappa shape index (κ2) is 5.19. The molecule has 1 fully saturated rings. The molecule has 0 spiro atoms.